The SMILES string of the molecule is Cc1cc(C(=O)N2CC(=O)N3[C@H](C[C@@H](C(=O)NC4CC4)[C@H]3CC(C)C)C2)no1. The van der Waals surface area contributed by atoms with Crippen LogP contribution in [0.2, 0.25) is 0 Å². The molecule has 0 bridgehead atoms. The second kappa shape index (κ2) is 7.22. The van der Waals surface area contributed by atoms with Gasteiger partial charge in [-0.05, 0) is 38.5 Å². The van der Waals surface area contributed by atoms with Gasteiger partial charge in [-0.3, -0.25) is 14.4 Å². The fourth-order valence-electron chi connectivity index (χ4n) is 4.51. The van der Waals surface area contributed by atoms with E-state index < -0.39 is 0 Å². The molecule has 4 rings (SSSR count). The van der Waals surface area contributed by atoms with Gasteiger partial charge in [-0.25, -0.2) is 0 Å². The molecule has 3 atom stereocenters. The summed E-state index contributed by atoms with van der Waals surface area (Å²) in [7, 11) is 0. The lowest BCUT2D eigenvalue weighted by Gasteiger charge is -2.40. The van der Waals surface area contributed by atoms with Crippen molar-refractivity contribution in [3.8, 4) is 0 Å². The molecule has 1 N–H and O–H groups in total. The number of aromatic nitrogens is 1. The fraction of sp³-hybridized carbons (Fsp3) is 0.700. The molecule has 2 saturated heterocycles. The standard InChI is InChI=1S/C20H28N4O4/c1-11(2)6-17-15(19(26)21-13-4-5-13)8-14-9-23(10-18(25)24(14)17)20(27)16-7-12(3)28-22-16/h7,11,13-15,17H,4-6,8-10H2,1-3H3,(H,21,26)/t14-,15-,17-/m1/s1. The zero-order chi connectivity index (χ0) is 20.0. The summed E-state index contributed by atoms with van der Waals surface area (Å²) >= 11 is 0. The summed E-state index contributed by atoms with van der Waals surface area (Å²) in [5, 5.41) is 6.89. The second-order valence-electron chi connectivity index (χ2n) is 8.79. The number of amides is 3. The van der Waals surface area contributed by atoms with Gasteiger partial charge in [0.15, 0.2) is 5.69 Å². The van der Waals surface area contributed by atoms with E-state index in [0.29, 0.717) is 30.7 Å². The largest absolute Gasteiger partial charge is 0.361 e. The molecule has 0 aromatic carbocycles. The summed E-state index contributed by atoms with van der Waals surface area (Å²) in [5.74, 6) is 0.406. The number of carbonyl (C=O) groups is 3. The van der Waals surface area contributed by atoms with Crippen LogP contribution in [-0.4, -0.2) is 63.9 Å². The van der Waals surface area contributed by atoms with Gasteiger partial charge in [-0.15, -0.1) is 0 Å². The maximum atomic E-state index is 13.0. The molecular weight excluding hydrogens is 360 g/mol. The summed E-state index contributed by atoms with van der Waals surface area (Å²) < 4.78 is 5.00. The molecule has 2 aliphatic heterocycles. The van der Waals surface area contributed by atoms with Gasteiger partial charge in [-0.1, -0.05) is 19.0 Å². The Labute approximate surface area is 164 Å². The number of piperazine rings is 1. The third-order valence-corrected chi connectivity index (χ3v) is 5.89. The highest BCUT2D eigenvalue weighted by atomic mass is 16.5. The van der Waals surface area contributed by atoms with Gasteiger partial charge >= 0.3 is 0 Å². The Kier molecular flexibility index (Phi) is 4.89. The van der Waals surface area contributed by atoms with Gasteiger partial charge in [0.05, 0.1) is 12.0 Å². The first-order valence-corrected chi connectivity index (χ1v) is 10.2. The molecule has 1 aliphatic carbocycles. The summed E-state index contributed by atoms with van der Waals surface area (Å²) in [6, 6.07) is 1.66. The van der Waals surface area contributed by atoms with Gasteiger partial charge in [-0.2, -0.15) is 0 Å². The van der Waals surface area contributed by atoms with E-state index in [1.165, 1.54) is 4.90 Å². The van der Waals surface area contributed by atoms with E-state index in [9.17, 15) is 14.4 Å². The van der Waals surface area contributed by atoms with Gasteiger partial charge < -0.3 is 19.6 Å². The van der Waals surface area contributed by atoms with Crippen molar-refractivity contribution in [2.75, 3.05) is 13.1 Å². The van der Waals surface area contributed by atoms with Crippen LogP contribution in [0.25, 0.3) is 0 Å². The number of nitrogens with zero attached hydrogens (tertiary/aromatic N) is 3. The van der Waals surface area contributed by atoms with Crippen molar-refractivity contribution in [1.29, 1.82) is 0 Å². The van der Waals surface area contributed by atoms with Crippen LogP contribution in [0.5, 0.6) is 0 Å². The molecule has 1 aromatic rings. The molecule has 3 aliphatic rings. The van der Waals surface area contributed by atoms with Crippen LogP contribution in [0.1, 0.15) is 55.8 Å². The molecule has 152 valence electrons. The summed E-state index contributed by atoms with van der Waals surface area (Å²) in [6.07, 6.45) is 3.47. The molecule has 0 radical (unpaired) electrons. The average Bonchev–Trinajstić information content (AvgIpc) is 3.21. The normalized spacial score (nSPS) is 27.3. The zero-order valence-electron chi connectivity index (χ0n) is 16.7. The van der Waals surface area contributed by atoms with Gasteiger partial charge in [0.1, 0.15) is 12.3 Å². The van der Waals surface area contributed by atoms with Crippen molar-refractivity contribution in [2.24, 2.45) is 11.8 Å². The Bertz CT molecular complexity index is 785. The minimum absolute atomic E-state index is 0.0206. The molecule has 3 fully saturated rings. The molecule has 0 spiro atoms. The maximum Gasteiger partial charge on any atom is 0.276 e. The molecular formula is C20H28N4O4. The smallest absolute Gasteiger partial charge is 0.276 e. The molecule has 3 heterocycles. The first-order valence-electron chi connectivity index (χ1n) is 10.2. The Hall–Kier alpha value is -2.38. The number of fused-ring (bicyclic) bond motifs is 1. The minimum Gasteiger partial charge on any atom is -0.361 e. The predicted octanol–water partition coefficient (Wildman–Crippen LogP) is 1.35. The maximum absolute atomic E-state index is 13.0. The van der Waals surface area contributed by atoms with Crippen LogP contribution in [0.4, 0.5) is 0 Å². The quantitative estimate of drug-likeness (QED) is 0.821. The Balaban J connectivity index is 1.52. The van der Waals surface area contributed by atoms with Gasteiger partial charge in [0, 0.05) is 24.7 Å². The number of hydrogen-bond acceptors (Lipinski definition) is 5. The molecule has 8 nitrogen and oxygen atoms in total. The number of aryl methyl sites for hydroxylation is 1. The molecule has 8 heteroatoms. The highest BCUT2D eigenvalue weighted by Gasteiger charge is 2.50. The number of nitrogens with one attached hydrogen (secondary N) is 1. The fourth-order valence-corrected chi connectivity index (χ4v) is 4.51. The number of hydrogen-bond donors (Lipinski definition) is 1. The van der Waals surface area contributed by atoms with E-state index in [2.05, 4.69) is 24.3 Å². The molecule has 28 heavy (non-hydrogen) atoms. The van der Waals surface area contributed by atoms with E-state index in [-0.39, 0.29) is 48.0 Å². The lowest BCUT2D eigenvalue weighted by Crippen LogP contribution is -2.58. The van der Waals surface area contributed by atoms with E-state index in [1.807, 2.05) is 4.90 Å². The summed E-state index contributed by atoms with van der Waals surface area (Å²) in [6.45, 7) is 6.40. The van der Waals surface area contributed by atoms with Crippen LogP contribution in [0, 0.1) is 18.8 Å². The van der Waals surface area contributed by atoms with E-state index in [0.717, 1.165) is 19.3 Å². The topological polar surface area (TPSA) is 95.8 Å². The number of rotatable bonds is 5. The van der Waals surface area contributed by atoms with Crippen LogP contribution >= 0.6 is 0 Å². The van der Waals surface area contributed by atoms with Crippen molar-refractivity contribution in [1.82, 2.24) is 20.3 Å². The highest BCUT2D eigenvalue weighted by molar-refractivity contribution is 5.96. The van der Waals surface area contributed by atoms with Crippen LogP contribution in [-0.2, 0) is 9.59 Å². The van der Waals surface area contributed by atoms with Crippen molar-refractivity contribution in [3.05, 3.63) is 17.5 Å². The van der Waals surface area contributed by atoms with Crippen molar-refractivity contribution in [3.63, 3.8) is 0 Å². The Morgan fingerprint density at radius 1 is 1.36 bits per heavy atom. The highest BCUT2D eigenvalue weighted by Crippen LogP contribution is 2.37. The third-order valence-electron chi connectivity index (χ3n) is 5.89. The minimum atomic E-state index is -0.295. The Morgan fingerprint density at radius 3 is 2.71 bits per heavy atom. The predicted molar refractivity (Wildman–Crippen MR) is 100 cm³/mol. The van der Waals surface area contributed by atoms with E-state index >= 15 is 0 Å². The molecule has 1 aromatic heterocycles. The first-order chi connectivity index (χ1) is 13.3. The van der Waals surface area contributed by atoms with E-state index in [4.69, 9.17) is 4.52 Å². The zero-order valence-corrected chi connectivity index (χ0v) is 16.7. The van der Waals surface area contributed by atoms with Gasteiger partial charge in [0.2, 0.25) is 11.8 Å². The summed E-state index contributed by atoms with van der Waals surface area (Å²) in [5.41, 5.74) is 0.221. The van der Waals surface area contributed by atoms with Crippen molar-refractivity contribution in [2.45, 2.75) is 64.6 Å². The van der Waals surface area contributed by atoms with Crippen LogP contribution in [0.15, 0.2) is 10.6 Å². The van der Waals surface area contributed by atoms with Gasteiger partial charge in [0.25, 0.3) is 5.91 Å². The monoisotopic (exact) mass is 388 g/mol. The van der Waals surface area contributed by atoms with Crippen molar-refractivity contribution < 1.29 is 18.9 Å². The average molecular weight is 388 g/mol. The van der Waals surface area contributed by atoms with Crippen LogP contribution in [0.3, 0.4) is 0 Å². The Morgan fingerprint density at radius 2 is 2.11 bits per heavy atom. The molecule has 0 unspecified atom stereocenters. The van der Waals surface area contributed by atoms with Crippen molar-refractivity contribution >= 4 is 17.7 Å². The summed E-state index contributed by atoms with van der Waals surface area (Å²) in [4.78, 5) is 42.0. The van der Waals surface area contributed by atoms with Crippen LogP contribution < -0.4 is 5.32 Å². The van der Waals surface area contributed by atoms with E-state index in [1.54, 1.807) is 13.0 Å². The second-order valence-corrected chi connectivity index (χ2v) is 8.79. The lowest BCUT2D eigenvalue weighted by atomic mass is 9.91. The first kappa shape index (κ1) is 19.0. The third kappa shape index (κ3) is 3.64. The molecule has 1 saturated carbocycles. The number of carbonyl (C=O) groups excluding carboxylic acids is 3. The lowest BCUT2D eigenvalue weighted by molar-refractivity contribution is -0.140. The molecule has 3 amide bonds.